The van der Waals surface area contributed by atoms with Gasteiger partial charge in [0.2, 0.25) is 0 Å². The monoisotopic (exact) mass is 346 g/mol. The quantitative estimate of drug-likeness (QED) is 0.671. The van der Waals surface area contributed by atoms with Crippen molar-refractivity contribution in [3.05, 3.63) is 62.6 Å². The first-order valence-electron chi connectivity index (χ1n) is 6.40. The number of hydrogen-bond acceptors (Lipinski definition) is 2. The molecule has 106 valence electrons. The highest BCUT2D eigenvalue weighted by Gasteiger charge is 2.12. The molecule has 1 heterocycles. The van der Waals surface area contributed by atoms with E-state index in [9.17, 15) is 9.18 Å². The Balaban J connectivity index is 2.37. The van der Waals surface area contributed by atoms with Crippen LogP contribution < -0.4 is 5.56 Å². The van der Waals surface area contributed by atoms with Gasteiger partial charge in [0.15, 0.2) is 0 Å². The van der Waals surface area contributed by atoms with Crippen LogP contribution in [0.3, 0.4) is 0 Å². The van der Waals surface area contributed by atoms with Crippen LogP contribution in [-0.4, -0.2) is 9.55 Å². The summed E-state index contributed by atoms with van der Waals surface area (Å²) in [6, 6.07) is 9.69. The summed E-state index contributed by atoms with van der Waals surface area (Å²) < 4.78 is 15.3. The Labute approximate surface area is 129 Å². The van der Waals surface area contributed by atoms with Crippen LogP contribution in [0.15, 0.2) is 45.7 Å². The second-order valence-corrected chi connectivity index (χ2v) is 5.80. The lowest BCUT2D eigenvalue weighted by Gasteiger charge is -2.11. The van der Waals surface area contributed by atoms with Crippen molar-refractivity contribution in [2.45, 2.75) is 6.92 Å². The van der Waals surface area contributed by atoms with E-state index in [4.69, 9.17) is 0 Å². The minimum atomic E-state index is -0.318. The van der Waals surface area contributed by atoms with Crippen LogP contribution in [0.1, 0.15) is 5.56 Å². The maximum absolute atomic E-state index is 13.0. The Morgan fingerprint density at radius 2 is 1.86 bits per heavy atom. The van der Waals surface area contributed by atoms with E-state index >= 15 is 0 Å². The molecular weight excluding hydrogens is 335 g/mol. The predicted octanol–water partition coefficient (Wildman–Crippen LogP) is 3.81. The molecule has 0 atom stereocenters. The molecule has 1 aromatic heterocycles. The number of rotatable bonds is 1. The number of hydrogen-bond donors (Lipinski definition) is 0. The van der Waals surface area contributed by atoms with Gasteiger partial charge in [-0.05, 0) is 64.8 Å². The number of halogens is 2. The summed E-state index contributed by atoms with van der Waals surface area (Å²) in [5.74, 6) is 0.193. The van der Waals surface area contributed by atoms with Gasteiger partial charge in [-0.2, -0.15) is 0 Å². The number of benzene rings is 2. The Bertz CT molecular complexity index is 901. The average molecular weight is 347 g/mol. The van der Waals surface area contributed by atoms with E-state index < -0.39 is 0 Å². The summed E-state index contributed by atoms with van der Waals surface area (Å²) in [4.78, 5) is 17.1. The molecule has 0 amide bonds. The Morgan fingerprint density at radius 3 is 2.52 bits per heavy atom. The summed E-state index contributed by atoms with van der Waals surface area (Å²) >= 11 is 3.45. The fraction of sp³-hybridized carbons (Fsp3) is 0.125. The number of fused-ring (bicyclic) bond motifs is 1. The second kappa shape index (κ2) is 5.07. The molecule has 0 bridgehead atoms. The van der Waals surface area contributed by atoms with E-state index in [0.29, 0.717) is 22.3 Å². The number of aromatic nitrogens is 2. The molecule has 0 aliphatic heterocycles. The second-order valence-electron chi connectivity index (χ2n) is 4.95. The maximum atomic E-state index is 13.0. The van der Waals surface area contributed by atoms with Gasteiger partial charge in [-0.25, -0.2) is 9.37 Å². The lowest BCUT2D eigenvalue weighted by atomic mass is 10.1. The summed E-state index contributed by atoms with van der Waals surface area (Å²) in [5, 5.41) is 0.565. The van der Waals surface area contributed by atoms with E-state index in [1.165, 1.54) is 16.7 Å². The molecule has 0 saturated carbocycles. The summed E-state index contributed by atoms with van der Waals surface area (Å²) in [5.41, 5.74) is 2.18. The van der Waals surface area contributed by atoms with Gasteiger partial charge in [0.05, 0.1) is 10.9 Å². The van der Waals surface area contributed by atoms with E-state index in [2.05, 4.69) is 20.9 Å². The molecule has 0 aliphatic rings. The first kappa shape index (κ1) is 13.9. The fourth-order valence-electron chi connectivity index (χ4n) is 2.33. The van der Waals surface area contributed by atoms with Crippen LogP contribution in [0.4, 0.5) is 4.39 Å². The number of aryl methyl sites for hydroxylation is 1. The van der Waals surface area contributed by atoms with Crippen molar-refractivity contribution < 1.29 is 4.39 Å². The molecule has 0 N–H and O–H groups in total. The van der Waals surface area contributed by atoms with Crippen molar-refractivity contribution in [1.82, 2.24) is 9.55 Å². The molecule has 5 heteroatoms. The molecule has 3 aromatic rings. The largest absolute Gasteiger partial charge is 0.295 e. The maximum Gasteiger partial charge on any atom is 0.261 e. The zero-order chi connectivity index (χ0) is 15.1. The highest BCUT2D eigenvalue weighted by molar-refractivity contribution is 9.10. The van der Waals surface area contributed by atoms with Gasteiger partial charge in [-0.3, -0.25) is 9.36 Å². The van der Waals surface area contributed by atoms with E-state index in [0.717, 1.165) is 10.0 Å². The molecule has 2 aromatic carbocycles. The van der Waals surface area contributed by atoms with Crippen LogP contribution in [-0.2, 0) is 7.05 Å². The molecule has 0 spiro atoms. The standard InChI is InChI=1S/C16H12BrFN2O/c1-9-7-12-14(13(17)8-9)19-15(20(2)16(12)21)10-3-5-11(18)6-4-10/h3-8H,1-2H3. The zero-order valence-electron chi connectivity index (χ0n) is 11.5. The summed E-state index contributed by atoms with van der Waals surface area (Å²) in [6.07, 6.45) is 0. The summed E-state index contributed by atoms with van der Waals surface area (Å²) in [7, 11) is 1.67. The van der Waals surface area contributed by atoms with Gasteiger partial charge in [-0.1, -0.05) is 0 Å². The lowest BCUT2D eigenvalue weighted by molar-refractivity contribution is 0.628. The highest BCUT2D eigenvalue weighted by Crippen LogP contribution is 2.25. The topological polar surface area (TPSA) is 34.9 Å². The lowest BCUT2D eigenvalue weighted by Crippen LogP contribution is -2.20. The van der Waals surface area contributed by atoms with E-state index in [-0.39, 0.29) is 11.4 Å². The van der Waals surface area contributed by atoms with Crippen LogP contribution >= 0.6 is 15.9 Å². The molecular formula is C16H12BrFN2O. The molecule has 3 rings (SSSR count). The van der Waals surface area contributed by atoms with Crippen molar-refractivity contribution >= 4 is 26.8 Å². The third-order valence-electron chi connectivity index (χ3n) is 3.38. The van der Waals surface area contributed by atoms with Crippen molar-refractivity contribution in [2.75, 3.05) is 0 Å². The first-order valence-corrected chi connectivity index (χ1v) is 7.19. The Kier molecular flexibility index (Phi) is 3.37. The van der Waals surface area contributed by atoms with Gasteiger partial charge in [-0.15, -0.1) is 0 Å². The normalized spacial score (nSPS) is 11.0. The van der Waals surface area contributed by atoms with Gasteiger partial charge in [0, 0.05) is 17.1 Å². The van der Waals surface area contributed by atoms with Gasteiger partial charge in [0.1, 0.15) is 11.6 Å². The minimum Gasteiger partial charge on any atom is -0.295 e. The summed E-state index contributed by atoms with van der Waals surface area (Å²) in [6.45, 7) is 1.93. The van der Waals surface area contributed by atoms with Crippen LogP contribution in [0.5, 0.6) is 0 Å². The third kappa shape index (κ3) is 2.38. The molecule has 0 unspecified atom stereocenters. The smallest absolute Gasteiger partial charge is 0.261 e. The van der Waals surface area contributed by atoms with Gasteiger partial charge < -0.3 is 0 Å². The van der Waals surface area contributed by atoms with Crippen molar-refractivity contribution in [1.29, 1.82) is 0 Å². The molecule has 3 nitrogen and oxygen atoms in total. The van der Waals surface area contributed by atoms with Crippen LogP contribution in [0.2, 0.25) is 0 Å². The molecule has 0 radical (unpaired) electrons. The van der Waals surface area contributed by atoms with Gasteiger partial charge in [0.25, 0.3) is 5.56 Å². The van der Waals surface area contributed by atoms with E-state index in [1.54, 1.807) is 19.2 Å². The molecule has 0 fully saturated rings. The highest BCUT2D eigenvalue weighted by atomic mass is 79.9. The third-order valence-corrected chi connectivity index (χ3v) is 3.99. The molecule has 21 heavy (non-hydrogen) atoms. The fourth-order valence-corrected chi connectivity index (χ4v) is 2.99. The number of nitrogens with zero attached hydrogens (tertiary/aromatic N) is 2. The van der Waals surface area contributed by atoms with E-state index in [1.807, 2.05) is 19.1 Å². The SMILES string of the molecule is Cc1cc(Br)c2nc(-c3ccc(F)cc3)n(C)c(=O)c2c1. The molecule has 0 aliphatic carbocycles. The zero-order valence-corrected chi connectivity index (χ0v) is 13.1. The van der Waals surface area contributed by atoms with Crippen molar-refractivity contribution in [3.63, 3.8) is 0 Å². The first-order chi connectivity index (χ1) is 9.97. The Hall–Kier alpha value is -2.01. The van der Waals surface area contributed by atoms with Crippen LogP contribution in [0, 0.1) is 12.7 Å². The Morgan fingerprint density at radius 1 is 1.19 bits per heavy atom. The van der Waals surface area contributed by atoms with Crippen molar-refractivity contribution in [2.24, 2.45) is 7.05 Å². The van der Waals surface area contributed by atoms with Crippen molar-refractivity contribution in [3.8, 4) is 11.4 Å². The van der Waals surface area contributed by atoms with Crippen LogP contribution in [0.25, 0.3) is 22.3 Å². The molecule has 0 saturated heterocycles. The average Bonchev–Trinajstić information content (AvgIpc) is 2.44. The van der Waals surface area contributed by atoms with Gasteiger partial charge >= 0.3 is 0 Å². The predicted molar refractivity (Wildman–Crippen MR) is 84.8 cm³/mol. The minimum absolute atomic E-state index is 0.122.